The Morgan fingerprint density at radius 3 is 2.75 bits per heavy atom. The van der Waals surface area contributed by atoms with Crippen molar-refractivity contribution in [2.24, 2.45) is 0 Å². The van der Waals surface area contributed by atoms with Gasteiger partial charge in [-0.1, -0.05) is 18.2 Å². The quantitative estimate of drug-likeness (QED) is 0.856. The zero-order valence-electron chi connectivity index (χ0n) is 13.7. The Morgan fingerprint density at radius 1 is 1.21 bits per heavy atom. The Morgan fingerprint density at radius 2 is 2.00 bits per heavy atom. The summed E-state index contributed by atoms with van der Waals surface area (Å²) in [7, 11) is 0. The summed E-state index contributed by atoms with van der Waals surface area (Å²) in [5, 5.41) is 2.86. The molecule has 0 aliphatic heterocycles. The molecule has 3 rings (SSSR count). The van der Waals surface area contributed by atoms with Crippen LogP contribution in [0.5, 0.6) is 0 Å². The van der Waals surface area contributed by atoms with E-state index < -0.39 is 5.97 Å². The van der Waals surface area contributed by atoms with E-state index in [1.807, 2.05) is 6.92 Å². The molecule has 0 fully saturated rings. The van der Waals surface area contributed by atoms with E-state index in [0.29, 0.717) is 0 Å². The molecule has 1 aliphatic rings. The van der Waals surface area contributed by atoms with Crippen LogP contribution in [0.2, 0.25) is 0 Å². The number of amides is 1. The standard InChI is InChI=1S/C19H21NO4/c1-13(15-9-8-14-5-2-3-6-16(14)11-15)20-18(21)12-24-19(22)17-7-4-10-23-17/h4,7-11,13H,2-3,5-6,12H2,1H3,(H,20,21)/t13-/m0/s1. The summed E-state index contributed by atoms with van der Waals surface area (Å²) in [6.07, 6.45) is 6.10. The van der Waals surface area contributed by atoms with E-state index in [4.69, 9.17) is 9.15 Å². The van der Waals surface area contributed by atoms with E-state index in [-0.39, 0.29) is 24.3 Å². The monoisotopic (exact) mass is 327 g/mol. The van der Waals surface area contributed by atoms with Crippen molar-refractivity contribution in [2.45, 2.75) is 38.6 Å². The van der Waals surface area contributed by atoms with Crippen molar-refractivity contribution in [3.63, 3.8) is 0 Å². The van der Waals surface area contributed by atoms with E-state index in [0.717, 1.165) is 18.4 Å². The SMILES string of the molecule is C[C@H](NC(=O)COC(=O)c1ccco1)c1ccc2c(c1)CCCC2. The topological polar surface area (TPSA) is 68.5 Å². The van der Waals surface area contributed by atoms with Crippen LogP contribution in [0.15, 0.2) is 41.0 Å². The Kier molecular flexibility index (Phi) is 4.99. The second kappa shape index (κ2) is 7.34. The van der Waals surface area contributed by atoms with Crippen molar-refractivity contribution in [3.8, 4) is 0 Å². The molecule has 1 amide bonds. The van der Waals surface area contributed by atoms with Gasteiger partial charge in [-0.2, -0.15) is 0 Å². The molecule has 2 aromatic rings. The number of benzene rings is 1. The third kappa shape index (κ3) is 3.85. The number of carbonyl (C=O) groups is 2. The van der Waals surface area contributed by atoms with E-state index in [2.05, 4.69) is 23.5 Å². The summed E-state index contributed by atoms with van der Waals surface area (Å²) in [4.78, 5) is 23.6. The van der Waals surface area contributed by atoms with Gasteiger partial charge in [0.15, 0.2) is 6.61 Å². The smallest absolute Gasteiger partial charge is 0.374 e. The summed E-state index contributed by atoms with van der Waals surface area (Å²) >= 11 is 0. The minimum absolute atomic E-state index is 0.0885. The lowest BCUT2D eigenvalue weighted by Gasteiger charge is -2.20. The number of aryl methyl sites for hydroxylation is 2. The number of furan rings is 1. The average molecular weight is 327 g/mol. The van der Waals surface area contributed by atoms with Crippen LogP contribution in [-0.4, -0.2) is 18.5 Å². The van der Waals surface area contributed by atoms with Crippen LogP contribution in [0, 0.1) is 0 Å². The van der Waals surface area contributed by atoms with E-state index in [1.165, 1.54) is 36.3 Å². The fourth-order valence-electron chi connectivity index (χ4n) is 2.99. The highest BCUT2D eigenvalue weighted by molar-refractivity contribution is 5.88. The fraction of sp³-hybridized carbons (Fsp3) is 0.368. The number of nitrogens with one attached hydrogen (secondary N) is 1. The molecule has 5 heteroatoms. The number of rotatable bonds is 5. The first kappa shape index (κ1) is 16.3. The molecule has 5 nitrogen and oxygen atoms in total. The summed E-state index contributed by atoms with van der Waals surface area (Å²) in [6.45, 7) is 1.60. The normalized spacial score (nSPS) is 14.5. The Labute approximate surface area is 141 Å². The lowest BCUT2D eigenvalue weighted by molar-refractivity contribution is -0.124. The van der Waals surface area contributed by atoms with Crippen LogP contribution in [0.4, 0.5) is 0 Å². The molecule has 1 heterocycles. The van der Waals surface area contributed by atoms with Gasteiger partial charge < -0.3 is 14.5 Å². The highest BCUT2D eigenvalue weighted by Gasteiger charge is 2.16. The van der Waals surface area contributed by atoms with Gasteiger partial charge in [0.25, 0.3) is 5.91 Å². The van der Waals surface area contributed by atoms with Gasteiger partial charge in [0.05, 0.1) is 12.3 Å². The maximum atomic E-state index is 12.0. The van der Waals surface area contributed by atoms with Crippen LogP contribution >= 0.6 is 0 Å². The molecule has 0 radical (unpaired) electrons. The minimum atomic E-state index is -0.642. The van der Waals surface area contributed by atoms with Gasteiger partial charge >= 0.3 is 5.97 Å². The molecule has 1 N–H and O–H groups in total. The Balaban J connectivity index is 1.53. The second-order valence-electron chi connectivity index (χ2n) is 6.08. The van der Waals surface area contributed by atoms with Crippen LogP contribution < -0.4 is 5.32 Å². The Bertz CT molecular complexity index is 721. The molecular weight excluding hydrogens is 306 g/mol. The second-order valence-corrected chi connectivity index (χ2v) is 6.08. The molecule has 0 bridgehead atoms. The van der Waals surface area contributed by atoms with Gasteiger partial charge in [-0.15, -0.1) is 0 Å². The third-order valence-corrected chi connectivity index (χ3v) is 4.31. The van der Waals surface area contributed by atoms with Crippen LogP contribution in [-0.2, 0) is 22.4 Å². The minimum Gasteiger partial charge on any atom is -0.457 e. The lowest BCUT2D eigenvalue weighted by Crippen LogP contribution is -2.31. The van der Waals surface area contributed by atoms with Crippen molar-refractivity contribution in [2.75, 3.05) is 6.61 Å². The predicted molar refractivity (Wildman–Crippen MR) is 88.6 cm³/mol. The highest BCUT2D eigenvalue weighted by atomic mass is 16.5. The van der Waals surface area contributed by atoms with Crippen LogP contribution in [0.1, 0.15) is 53.1 Å². The Hall–Kier alpha value is -2.56. The molecule has 0 saturated heterocycles. The van der Waals surface area contributed by atoms with Gasteiger partial charge in [-0.05, 0) is 61.4 Å². The zero-order valence-corrected chi connectivity index (χ0v) is 13.7. The van der Waals surface area contributed by atoms with Crippen LogP contribution in [0.3, 0.4) is 0 Å². The summed E-state index contributed by atoms with van der Waals surface area (Å²) in [5.41, 5.74) is 3.86. The molecule has 0 unspecified atom stereocenters. The average Bonchev–Trinajstić information content (AvgIpc) is 3.14. The molecule has 1 aromatic heterocycles. The van der Waals surface area contributed by atoms with Crippen LogP contribution in [0.25, 0.3) is 0 Å². The van der Waals surface area contributed by atoms with Gasteiger partial charge in [-0.25, -0.2) is 4.79 Å². The number of hydrogen-bond acceptors (Lipinski definition) is 4. The maximum Gasteiger partial charge on any atom is 0.374 e. The number of esters is 1. The molecule has 0 saturated carbocycles. The highest BCUT2D eigenvalue weighted by Crippen LogP contribution is 2.24. The summed E-state index contributed by atoms with van der Waals surface area (Å²) in [6, 6.07) is 9.35. The number of fused-ring (bicyclic) bond motifs is 1. The summed E-state index contributed by atoms with van der Waals surface area (Å²) < 4.78 is 9.86. The van der Waals surface area contributed by atoms with E-state index in [1.54, 1.807) is 6.07 Å². The van der Waals surface area contributed by atoms with E-state index in [9.17, 15) is 9.59 Å². The molecule has 24 heavy (non-hydrogen) atoms. The van der Waals surface area contributed by atoms with Gasteiger partial charge in [-0.3, -0.25) is 4.79 Å². The predicted octanol–water partition coefficient (Wildman–Crippen LogP) is 3.19. The fourth-order valence-corrected chi connectivity index (χ4v) is 2.99. The number of ether oxygens (including phenoxy) is 1. The summed E-state index contributed by atoms with van der Waals surface area (Å²) in [5.74, 6) is -0.887. The molecule has 1 aliphatic carbocycles. The number of hydrogen-bond donors (Lipinski definition) is 1. The van der Waals surface area contributed by atoms with Crippen molar-refractivity contribution in [1.82, 2.24) is 5.32 Å². The third-order valence-electron chi connectivity index (χ3n) is 4.31. The maximum absolute atomic E-state index is 12.0. The van der Waals surface area contributed by atoms with Gasteiger partial charge in [0.1, 0.15) is 0 Å². The first-order chi connectivity index (χ1) is 11.6. The van der Waals surface area contributed by atoms with E-state index >= 15 is 0 Å². The van der Waals surface area contributed by atoms with Crippen molar-refractivity contribution >= 4 is 11.9 Å². The van der Waals surface area contributed by atoms with Crippen molar-refractivity contribution in [1.29, 1.82) is 0 Å². The first-order valence-electron chi connectivity index (χ1n) is 8.25. The van der Waals surface area contributed by atoms with Crippen molar-refractivity contribution < 1.29 is 18.7 Å². The number of carbonyl (C=O) groups excluding carboxylic acids is 2. The molecular formula is C19H21NO4. The molecule has 1 aromatic carbocycles. The molecule has 1 atom stereocenters. The lowest BCUT2D eigenvalue weighted by atomic mass is 9.89. The van der Waals surface area contributed by atoms with Crippen molar-refractivity contribution in [3.05, 3.63) is 59.0 Å². The zero-order chi connectivity index (χ0) is 16.9. The van der Waals surface area contributed by atoms with Gasteiger partial charge in [0.2, 0.25) is 5.76 Å². The largest absolute Gasteiger partial charge is 0.457 e. The first-order valence-corrected chi connectivity index (χ1v) is 8.25. The molecule has 126 valence electrons. The van der Waals surface area contributed by atoms with Gasteiger partial charge in [0, 0.05) is 0 Å². The molecule has 0 spiro atoms.